The van der Waals surface area contributed by atoms with E-state index in [9.17, 15) is 5.11 Å². The molecule has 1 aliphatic heterocycles. The lowest BCUT2D eigenvalue weighted by Gasteiger charge is -2.41. The fourth-order valence-corrected chi connectivity index (χ4v) is 3.25. The van der Waals surface area contributed by atoms with Crippen LogP contribution < -0.4 is 10.5 Å². The van der Waals surface area contributed by atoms with Crippen molar-refractivity contribution in [2.45, 2.75) is 44.7 Å². The Balaban J connectivity index is 2.24. The van der Waals surface area contributed by atoms with E-state index < -0.39 is 0 Å². The summed E-state index contributed by atoms with van der Waals surface area (Å²) in [5.41, 5.74) is 7.09. The van der Waals surface area contributed by atoms with E-state index in [4.69, 9.17) is 10.5 Å². The van der Waals surface area contributed by atoms with Gasteiger partial charge in [-0.25, -0.2) is 0 Å². The Morgan fingerprint density at radius 1 is 1.45 bits per heavy atom. The van der Waals surface area contributed by atoms with Crippen molar-refractivity contribution in [1.29, 1.82) is 0 Å². The molecule has 1 fully saturated rings. The molecular formula is C16H26N2O2. The Morgan fingerprint density at radius 3 is 2.85 bits per heavy atom. The van der Waals surface area contributed by atoms with Crippen LogP contribution in [0.2, 0.25) is 0 Å². The second-order valence-corrected chi connectivity index (χ2v) is 5.48. The van der Waals surface area contributed by atoms with Crippen LogP contribution in [0, 0.1) is 0 Å². The lowest BCUT2D eigenvalue weighted by molar-refractivity contribution is 0.0947. The average Bonchev–Trinajstić information content (AvgIpc) is 2.49. The second-order valence-electron chi connectivity index (χ2n) is 5.48. The SMILES string of the molecule is CCC1CCCCN1C(CN)c1ccc(OC)c(O)c1. The number of piperidine rings is 1. The van der Waals surface area contributed by atoms with Gasteiger partial charge in [-0.15, -0.1) is 0 Å². The molecule has 0 spiro atoms. The van der Waals surface area contributed by atoms with Gasteiger partial charge in [0.1, 0.15) is 0 Å². The normalized spacial score (nSPS) is 21.6. The number of aromatic hydroxyl groups is 1. The largest absolute Gasteiger partial charge is 0.504 e. The Labute approximate surface area is 121 Å². The number of phenols is 1. The second kappa shape index (κ2) is 6.95. The van der Waals surface area contributed by atoms with E-state index in [2.05, 4.69) is 11.8 Å². The molecule has 20 heavy (non-hydrogen) atoms. The maximum absolute atomic E-state index is 9.97. The van der Waals surface area contributed by atoms with E-state index in [0.29, 0.717) is 18.3 Å². The number of rotatable bonds is 5. The van der Waals surface area contributed by atoms with Crippen LogP contribution in [0.25, 0.3) is 0 Å². The van der Waals surface area contributed by atoms with Crippen molar-refractivity contribution in [3.63, 3.8) is 0 Å². The molecule has 1 heterocycles. The van der Waals surface area contributed by atoms with Crippen LogP contribution in [0.1, 0.15) is 44.2 Å². The first-order valence-electron chi connectivity index (χ1n) is 7.54. The van der Waals surface area contributed by atoms with Gasteiger partial charge >= 0.3 is 0 Å². The number of ether oxygens (including phenoxy) is 1. The number of hydrogen-bond donors (Lipinski definition) is 2. The first-order valence-corrected chi connectivity index (χ1v) is 7.54. The zero-order chi connectivity index (χ0) is 14.5. The molecule has 3 N–H and O–H groups in total. The fraction of sp³-hybridized carbons (Fsp3) is 0.625. The molecule has 1 aromatic rings. The summed E-state index contributed by atoms with van der Waals surface area (Å²) in [4.78, 5) is 2.50. The third kappa shape index (κ3) is 3.07. The first kappa shape index (κ1) is 15.1. The van der Waals surface area contributed by atoms with Crippen molar-refractivity contribution in [1.82, 2.24) is 4.90 Å². The van der Waals surface area contributed by atoms with Gasteiger partial charge in [0.05, 0.1) is 7.11 Å². The van der Waals surface area contributed by atoms with Gasteiger partial charge in [-0.3, -0.25) is 4.90 Å². The Morgan fingerprint density at radius 2 is 2.25 bits per heavy atom. The number of nitrogens with zero attached hydrogens (tertiary/aromatic N) is 1. The third-order valence-corrected chi connectivity index (χ3v) is 4.36. The summed E-state index contributed by atoms with van der Waals surface area (Å²) in [5, 5.41) is 9.97. The van der Waals surface area contributed by atoms with Crippen molar-refractivity contribution >= 4 is 0 Å². The monoisotopic (exact) mass is 278 g/mol. The highest BCUT2D eigenvalue weighted by molar-refractivity contribution is 5.42. The van der Waals surface area contributed by atoms with Gasteiger partial charge < -0.3 is 15.6 Å². The Kier molecular flexibility index (Phi) is 5.26. The molecule has 0 aliphatic carbocycles. The number of methoxy groups -OCH3 is 1. The summed E-state index contributed by atoms with van der Waals surface area (Å²) < 4.78 is 5.11. The van der Waals surface area contributed by atoms with E-state index >= 15 is 0 Å². The summed E-state index contributed by atoms with van der Waals surface area (Å²) in [6.07, 6.45) is 4.93. The van der Waals surface area contributed by atoms with E-state index in [0.717, 1.165) is 18.5 Å². The van der Waals surface area contributed by atoms with E-state index in [-0.39, 0.29) is 11.8 Å². The average molecular weight is 278 g/mol. The van der Waals surface area contributed by atoms with Crippen molar-refractivity contribution in [2.24, 2.45) is 5.73 Å². The van der Waals surface area contributed by atoms with Crippen LogP contribution in [0.3, 0.4) is 0 Å². The molecule has 1 aromatic carbocycles. The molecule has 2 unspecified atom stereocenters. The molecule has 0 aromatic heterocycles. The van der Waals surface area contributed by atoms with Gasteiger partial charge in [-0.1, -0.05) is 19.4 Å². The van der Waals surface area contributed by atoms with Crippen molar-refractivity contribution in [3.8, 4) is 11.5 Å². The van der Waals surface area contributed by atoms with Crippen molar-refractivity contribution < 1.29 is 9.84 Å². The topological polar surface area (TPSA) is 58.7 Å². The summed E-state index contributed by atoms with van der Waals surface area (Å²) in [5.74, 6) is 0.698. The molecule has 1 saturated heterocycles. The van der Waals surface area contributed by atoms with Crippen LogP contribution in [-0.2, 0) is 0 Å². The number of likely N-dealkylation sites (tertiary alicyclic amines) is 1. The minimum atomic E-state index is 0.178. The van der Waals surface area contributed by atoms with E-state index in [1.165, 1.54) is 19.3 Å². The lowest BCUT2D eigenvalue weighted by Crippen LogP contribution is -2.44. The molecule has 0 saturated carbocycles. The van der Waals surface area contributed by atoms with Gasteiger partial charge in [0.15, 0.2) is 11.5 Å². The molecule has 4 heteroatoms. The summed E-state index contributed by atoms with van der Waals surface area (Å²) in [6, 6.07) is 6.39. The minimum absolute atomic E-state index is 0.178. The highest BCUT2D eigenvalue weighted by Crippen LogP contribution is 2.34. The minimum Gasteiger partial charge on any atom is -0.504 e. The molecule has 0 amide bonds. The highest BCUT2D eigenvalue weighted by Gasteiger charge is 2.28. The predicted molar refractivity (Wildman–Crippen MR) is 81.1 cm³/mol. The molecule has 0 bridgehead atoms. The lowest BCUT2D eigenvalue weighted by atomic mass is 9.94. The zero-order valence-corrected chi connectivity index (χ0v) is 12.5. The Hall–Kier alpha value is -1.26. The standard InChI is InChI=1S/C16H26N2O2/c1-3-13-6-4-5-9-18(13)14(11-17)12-7-8-16(20-2)15(19)10-12/h7-8,10,13-14,19H,3-6,9,11,17H2,1-2H3. The molecular weight excluding hydrogens is 252 g/mol. The van der Waals surface area contributed by atoms with Crippen LogP contribution in [0.5, 0.6) is 11.5 Å². The third-order valence-electron chi connectivity index (χ3n) is 4.36. The van der Waals surface area contributed by atoms with Crippen molar-refractivity contribution in [2.75, 3.05) is 20.2 Å². The smallest absolute Gasteiger partial charge is 0.160 e. The number of benzene rings is 1. The highest BCUT2D eigenvalue weighted by atomic mass is 16.5. The van der Waals surface area contributed by atoms with Gasteiger partial charge in [0.25, 0.3) is 0 Å². The van der Waals surface area contributed by atoms with Crippen molar-refractivity contribution in [3.05, 3.63) is 23.8 Å². The fourth-order valence-electron chi connectivity index (χ4n) is 3.25. The maximum Gasteiger partial charge on any atom is 0.160 e. The maximum atomic E-state index is 9.97. The number of nitrogens with two attached hydrogens (primary N) is 1. The molecule has 2 rings (SSSR count). The summed E-state index contributed by atoms with van der Waals surface area (Å²) >= 11 is 0. The molecule has 2 atom stereocenters. The van der Waals surface area contributed by atoms with Crippen LogP contribution in [0.15, 0.2) is 18.2 Å². The van der Waals surface area contributed by atoms with Gasteiger partial charge in [-0.05, 0) is 43.5 Å². The van der Waals surface area contributed by atoms with Gasteiger partial charge in [-0.2, -0.15) is 0 Å². The van der Waals surface area contributed by atoms with Crippen LogP contribution in [0.4, 0.5) is 0 Å². The van der Waals surface area contributed by atoms with E-state index in [1.54, 1.807) is 13.2 Å². The molecule has 1 aliphatic rings. The summed E-state index contributed by atoms with van der Waals surface area (Å²) in [7, 11) is 1.56. The predicted octanol–water partition coefficient (Wildman–Crippen LogP) is 2.67. The molecule has 4 nitrogen and oxygen atoms in total. The van der Waals surface area contributed by atoms with Gasteiger partial charge in [0.2, 0.25) is 0 Å². The summed E-state index contributed by atoms with van der Waals surface area (Å²) in [6.45, 7) is 3.90. The zero-order valence-electron chi connectivity index (χ0n) is 12.5. The molecule has 0 radical (unpaired) electrons. The number of hydrogen-bond acceptors (Lipinski definition) is 4. The Bertz CT molecular complexity index is 436. The van der Waals surface area contributed by atoms with Crippen LogP contribution in [-0.4, -0.2) is 36.2 Å². The number of phenolic OH excluding ortho intramolecular Hbond substituents is 1. The molecule has 112 valence electrons. The van der Waals surface area contributed by atoms with E-state index in [1.807, 2.05) is 12.1 Å². The quantitative estimate of drug-likeness (QED) is 0.869. The first-order chi connectivity index (χ1) is 9.71. The van der Waals surface area contributed by atoms with Crippen LogP contribution >= 0.6 is 0 Å². The van der Waals surface area contributed by atoms with Gasteiger partial charge in [0, 0.05) is 18.6 Å².